The highest BCUT2D eigenvalue weighted by Crippen LogP contribution is 2.30. The van der Waals surface area contributed by atoms with E-state index < -0.39 is 0 Å². The minimum atomic E-state index is 0.389. The largest absolute Gasteiger partial charge is 0.365 e. The third kappa shape index (κ3) is 2.49. The van der Waals surface area contributed by atoms with E-state index in [1.54, 1.807) is 6.07 Å². The summed E-state index contributed by atoms with van der Waals surface area (Å²) in [6.45, 7) is 3.16. The molecule has 1 saturated heterocycles. The highest BCUT2D eigenvalue weighted by molar-refractivity contribution is 7.99. The first-order chi connectivity index (χ1) is 7.18. The SMILES string of the molecule is CC1CSCCN1c1cc(Cl)nnc1Cl. The molecule has 15 heavy (non-hydrogen) atoms. The number of thioether (sulfide) groups is 1. The Morgan fingerprint density at radius 1 is 1.47 bits per heavy atom. The topological polar surface area (TPSA) is 29.0 Å². The number of aromatic nitrogens is 2. The van der Waals surface area contributed by atoms with E-state index in [0.29, 0.717) is 16.3 Å². The number of rotatable bonds is 1. The molecule has 1 aromatic rings. The van der Waals surface area contributed by atoms with Crippen LogP contribution in [-0.2, 0) is 0 Å². The van der Waals surface area contributed by atoms with Gasteiger partial charge in [-0.05, 0) is 6.92 Å². The summed E-state index contributed by atoms with van der Waals surface area (Å²) in [6.07, 6.45) is 0. The van der Waals surface area contributed by atoms with Crippen LogP contribution in [0.5, 0.6) is 0 Å². The highest BCUT2D eigenvalue weighted by Gasteiger charge is 2.21. The van der Waals surface area contributed by atoms with Gasteiger partial charge in [-0.3, -0.25) is 0 Å². The summed E-state index contributed by atoms with van der Waals surface area (Å²) >= 11 is 13.8. The Hall–Kier alpha value is -0.190. The Bertz CT molecular complexity index is 361. The first-order valence-electron chi connectivity index (χ1n) is 4.71. The Labute approximate surface area is 103 Å². The maximum Gasteiger partial charge on any atom is 0.175 e. The number of halogens is 2. The average Bonchev–Trinajstić information content (AvgIpc) is 2.23. The monoisotopic (exact) mass is 263 g/mol. The summed E-state index contributed by atoms with van der Waals surface area (Å²) in [5, 5.41) is 8.35. The fraction of sp³-hybridized carbons (Fsp3) is 0.556. The molecule has 0 radical (unpaired) electrons. The maximum atomic E-state index is 6.01. The van der Waals surface area contributed by atoms with Crippen LogP contribution in [0, 0.1) is 0 Å². The molecule has 0 bridgehead atoms. The molecule has 0 N–H and O–H groups in total. The Balaban J connectivity index is 2.30. The lowest BCUT2D eigenvalue weighted by Gasteiger charge is -2.35. The Morgan fingerprint density at radius 2 is 2.27 bits per heavy atom. The van der Waals surface area contributed by atoms with Gasteiger partial charge < -0.3 is 4.90 Å². The van der Waals surface area contributed by atoms with Gasteiger partial charge in [0.15, 0.2) is 10.3 Å². The molecule has 3 nitrogen and oxygen atoms in total. The quantitative estimate of drug-likeness (QED) is 0.780. The highest BCUT2D eigenvalue weighted by atomic mass is 35.5. The lowest BCUT2D eigenvalue weighted by molar-refractivity contribution is 0.697. The van der Waals surface area contributed by atoms with Crippen molar-refractivity contribution in [3.05, 3.63) is 16.4 Å². The number of hydrogen-bond acceptors (Lipinski definition) is 4. The van der Waals surface area contributed by atoms with Gasteiger partial charge in [0.2, 0.25) is 0 Å². The Morgan fingerprint density at radius 3 is 3.00 bits per heavy atom. The van der Waals surface area contributed by atoms with Gasteiger partial charge in [-0.1, -0.05) is 23.2 Å². The van der Waals surface area contributed by atoms with E-state index in [4.69, 9.17) is 23.2 Å². The standard InChI is InChI=1S/C9H11Cl2N3S/c1-6-5-15-3-2-14(6)7-4-8(10)12-13-9(7)11/h4,6H,2-3,5H2,1H3. The summed E-state index contributed by atoms with van der Waals surface area (Å²) in [5.41, 5.74) is 0.893. The number of anilines is 1. The van der Waals surface area contributed by atoms with Crippen molar-refractivity contribution < 1.29 is 0 Å². The molecular formula is C9H11Cl2N3S. The minimum Gasteiger partial charge on any atom is -0.365 e. The molecular weight excluding hydrogens is 253 g/mol. The van der Waals surface area contributed by atoms with Gasteiger partial charge in [0, 0.05) is 30.2 Å². The van der Waals surface area contributed by atoms with Crippen LogP contribution in [-0.4, -0.2) is 34.3 Å². The zero-order chi connectivity index (χ0) is 10.8. The normalized spacial score (nSPS) is 21.8. The van der Waals surface area contributed by atoms with Crippen LogP contribution in [0.1, 0.15) is 6.92 Å². The van der Waals surface area contributed by atoms with Crippen LogP contribution in [0.25, 0.3) is 0 Å². The van der Waals surface area contributed by atoms with Crippen molar-refractivity contribution >= 4 is 40.7 Å². The lowest BCUT2D eigenvalue weighted by Crippen LogP contribution is -2.40. The molecule has 2 heterocycles. The van der Waals surface area contributed by atoms with Crippen LogP contribution in [0.4, 0.5) is 5.69 Å². The molecule has 0 amide bonds. The zero-order valence-electron chi connectivity index (χ0n) is 8.28. The molecule has 1 aliphatic rings. The van der Waals surface area contributed by atoms with Crippen LogP contribution >= 0.6 is 35.0 Å². The first-order valence-corrected chi connectivity index (χ1v) is 6.62. The molecule has 6 heteroatoms. The maximum absolute atomic E-state index is 6.01. The second-order valence-electron chi connectivity index (χ2n) is 3.46. The average molecular weight is 264 g/mol. The number of hydrogen-bond donors (Lipinski definition) is 0. The van der Waals surface area contributed by atoms with Gasteiger partial charge in [-0.15, -0.1) is 10.2 Å². The van der Waals surface area contributed by atoms with Gasteiger partial charge in [0.05, 0.1) is 5.69 Å². The summed E-state index contributed by atoms with van der Waals surface area (Å²) in [7, 11) is 0. The fourth-order valence-corrected chi connectivity index (χ4v) is 2.99. The van der Waals surface area contributed by atoms with Crippen molar-refractivity contribution in [2.75, 3.05) is 23.0 Å². The summed E-state index contributed by atoms with van der Waals surface area (Å²) in [4.78, 5) is 2.24. The van der Waals surface area contributed by atoms with Crippen molar-refractivity contribution in [1.29, 1.82) is 0 Å². The van der Waals surface area contributed by atoms with Crippen molar-refractivity contribution in [1.82, 2.24) is 10.2 Å². The van der Waals surface area contributed by atoms with E-state index >= 15 is 0 Å². The van der Waals surface area contributed by atoms with E-state index in [1.165, 1.54) is 0 Å². The molecule has 1 aliphatic heterocycles. The van der Waals surface area contributed by atoms with Crippen LogP contribution in [0.15, 0.2) is 6.07 Å². The molecule has 82 valence electrons. The molecule has 1 fully saturated rings. The van der Waals surface area contributed by atoms with Gasteiger partial charge in [-0.25, -0.2) is 0 Å². The predicted octanol–water partition coefficient (Wildman–Crippen LogP) is 2.73. The van der Waals surface area contributed by atoms with Gasteiger partial charge >= 0.3 is 0 Å². The van der Waals surface area contributed by atoms with E-state index in [1.807, 2.05) is 11.8 Å². The smallest absolute Gasteiger partial charge is 0.175 e. The van der Waals surface area contributed by atoms with Crippen molar-refractivity contribution in [2.45, 2.75) is 13.0 Å². The molecule has 0 aliphatic carbocycles. The third-order valence-electron chi connectivity index (χ3n) is 2.38. The van der Waals surface area contributed by atoms with Crippen molar-refractivity contribution in [3.8, 4) is 0 Å². The summed E-state index contributed by atoms with van der Waals surface area (Å²) < 4.78 is 0. The number of nitrogens with zero attached hydrogens (tertiary/aromatic N) is 3. The van der Waals surface area contributed by atoms with Crippen LogP contribution < -0.4 is 4.90 Å². The lowest BCUT2D eigenvalue weighted by atomic mass is 10.2. The van der Waals surface area contributed by atoms with Crippen LogP contribution in [0.2, 0.25) is 10.3 Å². The summed E-state index contributed by atoms with van der Waals surface area (Å²) in [6, 6.07) is 2.24. The molecule has 1 atom stereocenters. The predicted molar refractivity (Wildman–Crippen MR) is 66.2 cm³/mol. The molecule has 0 spiro atoms. The second kappa shape index (κ2) is 4.76. The van der Waals surface area contributed by atoms with Crippen molar-refractivity contribution in [2.24, 2.45) is 0 Å². The third-order valence-corrected chi connectivity index (χ3v) is 4.02. The molecule has 0 aromatic carbocycles. The van der Waals surface area contributed by atoms with Gasteiger partial charge in [-0.2, -0.15) is 11.8 Å². The van der Waals surface area contributed by atoms with Gasteiger partial charge in [0.1, 0.15) is 0 Å². The van der Waals surface area contributed by atoms with Crippen molar-refractivity contribution in [3.63, 3.8) is 0 Å². The van der Waals surface area contributed by atoms with Crippen LogP contribution in [0.3, 0.4) is 0 Å². The zero-order valence-corrected chi connectivity index (χ0v) is 10.6. The van der Waals surface area contributed by atoms with E-state index in [2.05, 4.69) is 22.0 Å². The fourth-order valence-electron chi connectivity index (χ4n) is 1.63. The molecule has 1 unspecified atom stereocenters. The molecule has 0 saturated carbocycles. The second-order valence-corrected chi connectivity index (χ2v) is 5.36. The van der Waals surface area contributed by atoms with E-state index in [-0.39, 0.29) is 0 Å². The van der Waals surface area contributed by atoms with Gasteiger partial charge in [0.25, 0.3) is 0 Å². The molecule has 2 rings (SSSR count). The van der Waals surface area contributed by atoms with E-state index in [0.717, 1.165) is 23.7 Å². The minimum absolute atomic E-state index is 0.389. The summed E-state index contributed by atoms with van der Waals surface area (Å²) in [5.74, 6) is 2.22. The molecule has 1 aromatic heterocycles. The Kier molecular flexibility index (Phi) is 3.59. The first kappa shape index (κ1) is 11.3. The van der Waals surface area contributed by atoms with E-state index in [9.17, 15) is 0 Å².